The van der Waals surface area contributed by atoms with E-state index in [4.69, 9.17) is 9.84 Å². The number of imidazole rings is 1. The highest BCUT2D eigenvalue weighted by molar-refractivity contribution is 5.89. The van der Waals surface area contributed by atoms with Crippen LogP contribution in [0.4, 0.5) is 15.4 Å². The van der Waals surface area contributed by atoms with Gasteiger partial charge in [0.2, 0.25) is 0 Å². The molecule has 1 aromatic heterocycles. The van der Waals surface area contributed by atoms with Crippen molar-refractivity contribution >= 4 is 18.0 Å². The van der Waals surface area contributed by atoms with Crippen LogP contribution in [0.15, 0.2) is 12.5 Å². The lowest BCUT2D eigenvalue weighted by Crippen LogP contribution is -2.48. The first-order valence-electron chi connectivity index (χ1n) is 5.20. The van der Waals surface area contributed by atoms with Crippen LogP contribution in [0.1, 0.15) is 20.8 Å². The van der Waals surface area contributed by atoms with Crippen molar-refractivity contribution in [1.82, 2.24) is 15.0 Å². The van der Waals surface area contributed by atoms with Crippen LogP contribution in [0.2, 0.25) is 0 Å². The lowest BCUT2D eigenvalue weighted by Gasteiger charge is -2.26. The fourth-order valence-corrected chi connectivity index (χ4v) is 1.17. The number of carbonyl (C=O) groups is 2. The number of carboxylic acid groups (broad SMARTS) is 1. The van der Waals surface area contributed by atoms with Crippen LogP contribution in [0, 0.1) is 0 Å². The van der Waals surface area contributed by atoms with Crippen LogP contribution in [-0.4, -0.2) is 32.4 Å². The van der Waals surface area contributed by atoms with Gasteiger partial charge in [0.1, 0.15) is 5.60 Å². The molecular formula is C10H16N4O4. The van der Waals surface area contributed by atoms with Gasteiger partial charge < -0.3 is 14.4 Å². The van der Waals surface area contributed by atoms with E-state index in [0.717, 1.165) is 5.01 Å². The van der Waals surface area contributed by atoms with E-state index in [9.17, 15) is 9.59 Å². The summed E-state index contributed by atoms with van der Waals surface area (Å²) >= 11 is 0. The smallest absolute Gasteiger partial charge is 0.435 e. The van der Waals surface area contributed by atoms with E-state index in [1.165, 1.54) is 17.1 Å². The predicted molar refractivity (Wildman–Crippen MR) is 63.1 cm³/mol. The van der Waals surface area contributed by atoms with Crippen LogP contribution in [0.25, 0.3) is 0 Å². The molecule has 1 rings (SSSR count). The second-order valence-electron chi connectivity index (χ2n) is 4.60. The van der Waals surface area contributed by atoms with Gasteiger partial charge in [0.05, 0.1) is 12.5 Å². The van der Waals surface area contributed by atoms with Crippen molar-refractivity contribution in [2.45, 2.75) is 26.4 Å². The molecule has 8 nitrogen and oxygen atoms in total. The SMILES string of the molecule is Cn1cncc1N(NC(=O)O)C(=O)OC(C)(C)C. The second kappa shape index (κ2) is 4.94. The molecule has 8 heteroatoms. The molecule has 0 aromatic carbocycles. The number of nitrogens with one attached hydrogen (secondary N) is 1. The quantitative estimate of drug-likeness (QED) is 0.739. The molecule has 0 radical (unpaired) electrons. The Morgan fingerprint density at radius 1 is 1.50 bits per heavy atom. The highest BCUT2D eigenvalue weighted by Gasteiger charge is 2.26. The molecule has 0 fully saturated rings. The first kappa shape index (κ1) is 13.8. The zero-order chi connectivity index (χ0) is 13.9. The number of aromatic nitrogens is 2. The maximum absolute atomic E-state index is 11.9. The number of amides is 2. The monoisotopic (exact) mass is 256 g/mol. The summed E-state index contributed by atoms with van der Waals surface area (Å²) in [5, 5.41) is 9.51. The molecule has 1 aromatic rings. The van der Waals surface area contributed by atoms with E-state index in [-0.39, 0.29) is 5.82 Å². The van der Waals surface area contributed by atoms with Crippen LogP contribution >= 0.6 is 0 Å². The van der Waals surface area contributed by atoms with Crippen LogP contribution in [-0.2, 0) is 11.8 Å². The Morgan fingerprint density at radius 2 is 2.11 bits per heavy atom. The molecular weight excluding hydrogens is 240 g/mol. The van der Waals surface area contributed by atoms with Crippen molar-refractivity contribution in [3.05, 3.63) is 12.5 Å². The summed E-state index contributed by atoms with van der Waals surface area (Å²) in [4.78, 5) is 26.4. The number of rotatable bonds is 1. The number of anilines is 1. The average molecular weight is 256 g/mol. The summed E-state index contributed by atoms with van der Waals surface area (Å²) in [7, 11) is 1.63. The minimum Gasteiger partial charge on any atom is -0.464 e. The number of carbonyl (C=O) groups excluding carboxylic acids is 1. The highest BCUT2D eigenvalue weighted by atomic mass is 16.6. The largest absolute Gasteiger partial charge is 0.464 e. The predicted octanol–water partition coefficient (Wildman–Crippen LogP) is 1.34. The third kappa shape index (κ3) is 3.65. The Balaban J connectivity index is 2.96. The van der Waals surface area contributed by atoms with Crippen molar-refractivity contribution in [3.63, 3.8) is 0 Å². The van der Waals surface area contributed by atoms with Crippen molar-refractivity contribution < 1.29 is 19.4 Å². The molecule has 0 saturated carbocycles. The molecule has 0 unspecified atom stereocenters. The number of aryl methyl sites for hydroxylation is 1. The highest BCUT2D eigenvalue weighted by Crippen LogP contribution is 2.15. The molecule has 2 amide bonds. The van der Waals surface area contributed by atoms with Crippen LogP contribution in [0.3, 0.4) is 0 Å². The molecule has 0 saturated heterocycles. The van der Waals surface area contributed by atoms with Crippen LogP contribution < -0.4 is 10.4 Å². The Morgan fingerprint density at radius 3 is 2.50 bits per heavy atom. The van der Waals surface area contributed by atoms with E-state index >= 15 is 0 Å². The standard InChI is InChI=1S/C10H16N4O4/c1-10(2,3)18-9(17)14(12-8(15)16)7-5-11-6-13(7)4/h5-6,12H,1-4H3,(H,15,16). The number of hydrogen-bond acceptors (Lipinski definition) is 4. The van der Waals surface area contributed by atoms with Gasteiger partial charge in [0, 0.05) is 7.05 Å². The van der Waals surface area contributed by atoms with Gasteiger partial charge in [-0.1, -0.05) is 0 Å². The normalized spacial score (nSPS) is 10.9. The summed E-state index contributed by atoms with van der Waals surface area (Å²) in [6.45, 7) is 5.06. The molecule has 2 N–H and O–H groups in total. The minimum atomic E-state index is -1.37. The summed E-state index contributed by atoms with van der Waals surface area (Å²) in [6.07, 6.45) is 0.589. The van der Waals surface area contributed by atoms with Crippen molar-refractivity contribution in [3.8, 4) is 0 Å². The summed E-state index contributed by atoms with van der Waals surface area (Å²) < 4.78 is 6.59. The Kier molecular flexibility index (Phi) is 3.79. The van der Waals surface area contributed by atoms with E-state index in [1.54, 1.807) is 27.8 Å². The summed E-state index contributed by atoms with van der Waals surface area (Å²) in [6, 6.07) is 0. The van der Waals surface area contributed by atoms with E-state index < -0.39 is 17.8 Å². The van der Waals surface area contributed by atoms with Gasteiger partial charge in [-0.2, -0.15) is 5.01 Å². The Bertz CT molecular complexity index is 449. The van der Waals surface area contributed by atoms with E-state index in [2.05, 4.69) is 4.98 Å². The summed E-state index contributed by atoms with van der Waals surface area (Å²) in [5.74, 6) is 0.256. The van der Waals surface area contributed by atoms with Gasteiger partial charge in [0.25, 0.3) is 0 Å². The lowest BCUT2D eigenvalue weighted by atomic mass is 10.2. The maximum Gasteiger partial charge on any atom is 0.435 e. The molecule has 100 valence electrons. The molecule has 0 aliphatic carbocycles. The molecule has 0 aliphatic rings. The van der Waals surface area contributed by atoms with Crippen molar-refractivity contribution in [2.24, 2.45) is 7.05 Å². The first-order chi connectivity index (χ1) is 8.20. The lowest BCUT2D eigenvalue weighted by molar-refractivity contribution is 0.0556. The average Bonchev–Trinajstić information content (AvgIpc) is 2.57. The van der Waals surface area contributed by atoms with Gasteiger partial charge in [0.15, 0.2) is 5.82 Å². The van der Waals surface area contributed by atoms with E-state index in [1.807, 2.05) is 5.43 Å². The third-order valence-corrected chi connectivity index (χ3v) is 1.80. The molecule has 0 bridgehead atoms. The van der Waals surface area contributed by atoms with Gasteiger partial charge in [-0.15, -0.1) is 0 Å². The molecule has 0 atom stereocenters. The maximum atomic E-state index is 11.9. The van der Waals surface area contributed by atoms with Crippen LogP contribution in [0.5, 0.6) is 0 Å². The number of hydrazine groups is 1. The molecule has 18 heavy (non-hydrogen) atoms. The van der Waals surface area contributed by atoms with Gasteiger partial charge in [-0.05, 0) is 20.8 Å². The summed E-state index contributed by atoms with van der Waals surface area (Å²) in [5.41, 5.74) is 1.23. The van der Waals surface area contributed by atoms with E-state index in [0.29, 0.717) is 0 Å². The van der Waals surface area contributed by atoms with Crippen molar-refractivity contribution in [1.29, 1.82) is 0 Å². The molecule has 0 spiro atoms. The zero-order valence-corrected chi connectivity index (χ0v) is 10.7. The van der Waals surface area contributed by atoms with Gasteiger partial charge in [-0.3, -0.25) is 0 Å². The fraction of sp³-hybridized carbons (Fsp3) is 0.500. The minimum absolute atomic E-state index is 0.256. The first-order valence-corrected chi connectivity index (χ1v) is 5.20. The number of ether oxygens (including phenoxy) is 1. The number of nitrogens with zero attached hydrogens (tertiary/aromatic N) is 3. The molecule has 0 aliphatic heterocycles. The molecule has 1 heterocycles. The Labute approximate surface area is 104 Å². The van der Waals surface area contributed by atoms with Crippen molar-refractivity contribution in [2.75, 3.05) is 5.01 Å². The Hall–Kier alpha value is -2.25. The van der Waals surface area contributed by atoms with Gasteiger partial charge >= 0.3 is 12.2 Å². The number of hydrogen-bond donors (Lipinski definition) is 2. The topological polar surface area (TPSA) is 96.7 Å². The zero-order valence-electron chi connectivity index (χ0n) is 10.7. The van der Waals surface area contributed by atoms with Gasteiger partial charge in [-0.25, -0.2) is 20.0 Å². The second-order valence-corrected chi connectivity index (χ2v) is 4.60. The fourth-order valence-electron chi connectivity index (χ4n) is 1.17. The third-order valence-electron chi connectivity index (χ3n) is 1.80.